The summed E-state index contributed by atoms with van der Waals surface area (Å²) in [5.41, 5.74) is 6.08. The number of nitrogen functional groups attached to an aromatic ring is 1. The van der Waals surface area contributed by atoms with E-state index in [1.807, 2.05) is 4.72 Å². The Hall–Kier alpha value is -2.15. The summed E-state index contributed by atoms with van der Waals surface area (Å²) in [5.74, 6) is -1.93. The van der Waals surface area contributed by atoms with Crippen LogP contribution in [0.25, 0.3) is 0 Å². The molecule has 21 heavy (non-hydrogen) atoms. The number of hydrogen-bond donors (Lipinski definition) is 2. The Labute approximate surface area is 121 Å². The predicted molar refractivity (Wildman–Crippen MR) is 77.5 cm³/mol. The van der Waals surface area contributed by atoms with E-state index in [-0.39, 0.29) is 16.1 Å². The molecule has 0 atom stereocenters. The van der Waals surface area contributed by atoms with Gasteiger partial charge in [-0.15, -0.1) is 0 Å². The molecule has 7 heteroatoms. The van der Waals surface area contributed by atoms with Crippen LogP contribution in [0.15, 0.2) is 35.2 Å². The highest BCUT2D eigenvalue weighted by atomic mass is 32.2. The average molecular weight is 312 g/mol. The van der Waals surface area contributed by atoms with Gasteiger partial charge in [-0.3, -0.25) is 4.72 Å². The number of aryl methyl sites for hydroxylation is 2. The molecule has 0 heterocycles. The third-order valence-electron chi connectivity index (χ3n) is 3.08. The number of sulfonamides is 1. The molecule has 112 valence electrons. The number of hydrogen-bond acceptors (Lipinski definition) is 3. The summed E-state index contributed by atoms with van der Waals surface area (Å²) in [6, 6.07) is 6.31. The van der Waals surface area contributed by atoms with Crippen molar-refractivity contribution in [2.75, 3.05) is 10.5 Å². The van der Waals surface area contributed by atoms with E-state index in [2.05, 4.69) is 0 Å². The number of halogens is 2. The van der Waals surface area contributed by atoms with Crippen LogP contribution in [0.5, 0.6) is 0 Å². The van der Waals surface area contributed by atoms with Gasteiger partial charge in [-0.05, 0) is 43.2 Å². The maximum atomic E-state index is 13.9. The van der Waals surface area contributed by atoms with E-state index in [0.29, 0.717) is 5.56 Å². The van der Waals surface area contributed by atoms with E-state index in [1.54, 1.807) is 6.92 Å². The minimum Gasteiger partial charge on any atom is -0.398 e. The zero-order valence-electron chi connectivity index (χ0n) is 11.4. The summed E-state index contributed by atoms with van der Waals surface area (Å²) < 4.78 is 53.8. The van der Waals surface area contributed by atoms with Crippen molar-refractivity contribution in [3.8, 4) is 0 Å². The lowest BCUT2D eigenvalue weighted by atomic mass is 10.2. The zero-order valence-corrected chi connectivity index (χ0v) is 12.3. The molecule has 2 rings (SSSR count). The monoisotopic (exact) mass is 312 g/mol. The van der Waals surface area contributed by atoms with Crippen molar-refractivity contribution in [1.29, 1.82) is 0 Å². The first kappa shape index (κ1) is 15.2. The SMILES string of the molecule is Cc1ccc(S(=O)(=O)Nc2c(F)ccc(C)c2F)cc1N. The van der Waals surface area contributed by atoms with E-state index < -0.39 is 27.3 Å². The third kappa shape index (κ3) is 2.97. The van der Waals surface area contributed by atoms with Crippen molar-refractivity contribution in [1.82, 2.24) is 0 Å². The highest BCUT2D eigenvalue weighted by Gasteiger charge is 2.20. The smallest absolute Gasteiger partial charge is 0.262 e. The molecule has 0 aliphatic carbocycles. The lowest BCUT2D eigenvalue weighted by Crippen LogP contribution is -2.16. The summed E-state index contributed by atoms with van der Waals surface area (Å²) in [6.45, 7) is 3.13. The molecule has 0 saturated heterocycles. The molecule has 0 aromatic heterocycles. The van der Waals surface area contributed by atoms with E-state index in [4.69, 9.17) is 5.73 Å². The van der Waals surface area contributed by atoms with E-state index in [1.165, 1.54) is 31.2 Å². The van der Waals surface area contributed by atoms with Crippen LogP contribution in [-0.2, 0) is 10.0 Å². The topological polar surface area (TPSA) is 72.2 Å². The van der Waals surface area contributed by atoms with Crippen LogP contribution in [-0.4, -0.2) is 8.42 Å². The summed E-state index contributed by atoms with van der Waals surface area (Å²) >= 11 is 0. The molecule has 0 aliphatic heterocycles. The minimum absolute atomic E-state index is 0.137. The van der Waals surface area contributed by atoms with Gasteiger partial charge in [-0.1, -0.05) is 12.1 Å². The second-order valence-corrected chi connectivity index (χ2v) is 6.36. The molecule has 0 saturated carbocycles. The third-order valence-corrected chi connectivity index (χ3v) is 4.43. The van der Waals surface area contributed by atoms with Gasteiger partial charge in [0.2, 0.25) is 0 Å². The molecule has 2 aromatic rings. The normalized spacial score (nSPS) is 11.4. The first-order valence-electron chi connectivity index (χ1n) is 6.06. The van der Waals surface area contributed by atoms with E-state index >= 15 is 0 Å². The number of nitrogens with two attached hydrogens (primary N) is 1. The van der Waals surface area contributed by atoms with Crippen LogP contribution >= 0.6 is 0 Å². The van der Waals surface area contributed by atoms with Crippen molar-refractivity contribution < 1.29 is 17.2 Å². The number of anilines is 2. The van der Waals surface area contributed by atoms with Crippen molar-refractivity contribution in [2.24, 2.45) is 0 Å². The van der Waals surface area contributed by atoms with Gasteiger partial charge in [-0.2, -0.15) is 0 Å². The number of nitrogens with one attached hydrogen (secondary N) is 1. The largest absolute Gasteiger partial charge is 0.398 e. The Balaban J connectivity index is 2.47. The highest BCUT2D eigenvalue weighted by molar-refractivity contribution is 7.92. The van der Waals surface area contributed by atoms with Gasteiger partial charge in [0.25, 0.3) is 10.0 Å². The van der Waals surface area contributed by atoms with Crippen LogP contribution in [0.4, 0.5) is 20.2 Å². The minimum atomic E-state index is -4.12. The lowest BCUT2D eigenvalue weighted by Gasteiger charge is -2.12. The molecule has 0 spiro atoms. The molecular formula is C14H14F2N2O2S. The molecule has 0 radical (unpaired) electrons. The first-order chi connectivity index (χ1) is 9.72. The zero-order chi connectivity index (χ0) is 15.8. The second kappa shape index (κ2) is 5.33. The van der Waals surface area contributed by atoms with Gasteiger partial charge >= 0.3 is 0 Å². The van der Waals surface area contributed by atoms with Crippen LogP contribution in [0.3, 0.4) is 0 Å². The molecule has 0 fully saturated rings. The molecule has 4 nitrogen and oxygen atoms in total. The predicted octanol–water partition coefficient (Wildman–Crippen LogP) is 2.96. The Bertz CT molecular complexity index is 805. The molecule has 2 aromatic carbocycles. The Morgan fingerprint density at radius 3 is 2.29 bits per heavy atom. The summed E-state index contributed by atoms with van der Waals surface area (Å²) in [5, 5.41) is 0. The summed E-state index contributed by atoms with van der Waals surface area (Å²) in [6.07, 6.45) is 0. The number of benzene rings is 2. The molecule has 3 N–H and O–H groups in total. The molecule has 0 bridgehead atoms. The van der Waals surface area contributed by atoms with Crippen LogP contribution < -0.4 is 10.5 Å². The van der Waals surface area contributed by atoms with Gasteiger partial charge in [0.15, 0.2) is 5.82 Å². The van der Waals surface area contributed by atoms with Crippen molar-refractivity contribution in [2.45, 2.75) is 18.7 Å². The summed E-state index contributed by atoms with van der Waals surface area (Å²) in [7, 11) is -4.12. The average Bonchev–Trinajstić information content (AvgIpc) is 2.42. The van der Waals surface area contributed by atoms with Crippen molar-refractivity contribution in [3.63, 3.8) is 0 Å². The fourth-order valence-electron chi connectivity index (χ4n) is 1.73. The first-order valence-corrected chi connectivity index (χ1v) is 7.54. The van der Waals surface area contributed by atoms with Gasteiger partial charge in [0, 0.05) is 5.69 Å². The molecule has 0 amide bonds. The number of rotatable bonds is 3. The molecule has 0 unspecified atom stereocenters. The van der Waals surface area contributed by atoms with Crippen LogP contribution in [0, 0.1) is 25.5 Å². The van der Waals surface area contributed by atoms with E-state index in [9.17, 15) is 17.2 Å². The van der Waals surface area contributed by atoms with E-state index in [0.717, 1.165) is 6.07 Å². The second-order valence-electron chi connectivity index (χ2n) is 4.68. The van der Waals surface area contributed by atoms with Crippen LogP contribution in [0.1, 0.15) is 11.1 Å². The highest BCUT2D eigenvalue weighted by Crippen LogP contribution is 2.25. The Morgan fingerprint density at radius 2 is 1.67 bits per heavy atom. The van der Waals surface area contributed by atoms with Crippen molar-refractivity contribution in [3.05, 3.63) is 53.1 Å². The summed E-state index contributed by atoms with van der Waals surface area (Å²) in [4.78, 5) is -0.161. The molecular weight excluding hydrogens is 298 g/mol. The quantitative estimate of drug-likeness (QED) is 0.856. The standard InChI is InChI=1S/C14H14F2N2O2S/c1-8-3-5-10(7-12(8)17)21(19,20)18-14-11(15)6-4-9(2)13(14)16/h3-7,18H,17H2,1-2H3. The lowest BCUT2D eigenvalue weighted by molar-refractivity contribution is 0.579. The Kier molecular flexibility index (Phi) is 3.87. The maximum Gasteiger partial charge on any atom is 0.262 e. The van der Waals surface area contributed by atoms with Crippen molar-refractivity contribution >= 4 is 21.4 Å². The van der Waals surface area contributed by atoms with Gasteiger partial charge in [-0.25, -0.2) is 17.2 Å². The maximum absolute atomic E-state index is 13.9. The Morgan fingerprint density at radius 1 is 1.05 bits per heavy atom. The molecule has 0 aliphatic rings. The van der Waals surface area contributed by atoms with Gasteiger partial charge in [0.1, 0.15) is 11.5 Å². The van der Waals surface area contributed by atoms with Gasteiger partial charge in [0.05, 0.1) is 4.90 Å². The van der Waals surface area contributed by atoms with Crippen LogP contribution in [0.2, 0.25) is 0 Å². The van der Waals surface area contributed by atoms with Gasteiger partial charge < -0.3 is 5.73 Å². The fraction of sp³-hybridized carbons (Fsp3) is 0.143. The fourth-order valence-corrected chi connectivity index (χ4v) is 2.83.